The fraction of sp³-hybridized carbons (Fsp3) is 0.412. The Morgan fingerprint density at radius 1 is 1.39 bits per heavy atom. The van der Waals surface area contributed by atoms with Gasteiger partial charge in [0.25, 0.3) is 5.91 Å². The minimum Gasteiger partial charge on any atom is -0.266 e. The third-order valence-corrected chi connectivity index (χ3v) is 6.68. The number of hydrazone groups is 1. The van der Waals surface area contributed by atoms with Crippen molar-refractivity contribution in [3.05, 3.63) is 33.9 Å². The highest BCUT2D eigenvalue weighted by Gasteiger charge is 2.38. The first-order valence-corrected chi connectivity index (χ1v) is 9.02. The zero-order chi connectivity index (χ0) is 16.0. The molecule has 2 bridgehead atoms. The van der Waals surface area contributed by atoms with Crippen molar-refractivity contribution in [2.75, 3.05) is 0 Å². The van der Waals surface area contributed by atoms with Gasteiger partial charge < -0.3 is 0 Å². The van der Waals surface area contributed by atoms with Crippen LogP contribution in [-0.4, -0.2) is 12.1 Å². The average Bonchev–Trinajstić information content (AvgIpc) is 3.22. The summed E-state index contributed by atoms with van der Waals surface area (Å²) in [7, 11) is 0. The molecule has 3 unspecified atom stereocenters. The molecule has 23 heavy (non-hydrogen) atoms. The highest BCUT2D eigenvalue weighted by molar-refractivity contribution is 7.21. The Labute approximate surface area is 142 Å². The van der Waals surface area contributed by atoms with Crippen molar-refractivity contribution in [1.29, 1.82) is 0 Å². The van der Waals surface area contributed by atoms with Crippen molar-refractivity contribution in [1.82, 2.24) is 5.43 Å². The highest BCUT2D eigenvalue weighted by atomic mass is 35.5. The zero-order valence-corrected chi connectivity index (χ0v) is 14.0. The molecule has 2 fully saturated rings. The predicted octanol–water partition coefficient (Wildman–Crippen LogP) is 4.85. The number of halogens is 2. The smallest absolute Gasteiger partial charge is 0.266 e. The Balaban J connectivity index is 1.48. The molecule has 0 radical (unpaired) electrons. The summed E-state index contributed by atoms with van der Waals surface area (Å²) in [6.07, 6.45) is 6.99. The van der Waals surface area contributed by atoms with Crippen LogP contribution in [0.15, 0.2) is 23.3 Å². The molecule has 3 nitrogen and oxygen atoms in total. The lowest BCUT2D eigenvalue weighted by Gasteiger charge is -2.16. The number of nitrogens with one attached hydrogen (secondary N) is 1. The van der Waals surface area contributed by atoms with E-state index in [1.807, 2.05) is 6.21 Å². The number of amides is 1. The standard InChI is InChI=1S/C17H16ClFN2OS/c18-15-13-4-3-12(19)7-14(13)23-16(15)17(22)21-20-8-11-6-9-1-2-10(11)5-9/h3-4,7-11H,1-2,5-6H2,(H,21,22)/b20-8-. The molecule has 0 spiro atoms. The van der Waals surface area contributed by atoms with E-state index in [0.29, 0.717) is 25.9 Å². The molecule has 1 heterocycles. The summed E-state index contributed by atoms with van der Waals surface area (Å²) in [4.78, 5) is 12.6. The molecule has 3 atom stereocenters. The molecule has 4 rings (SSSR count). The Morgan fingerprint density at radius 3 is 3.00 bits per heavy atom. The number of carbonyl (C=O) groups excluding carboxylic acids is 1. The SMILES string of the molecule is O=C(N/N=C\C1CC2CCC1C2)c1sc2cc(F)ccc2c1Cl. The number of benzene rings is 1. The van der Waals surface area contributed by atoms with Gasteiger partial charge in [-0.3, -0.25) is 4.79 Å². The van der Waals surface area contributed by atoms with Gasteiger partial charge in [0.15, 0.2) is 0 Å². The maximum absolute atomic E-state index is 13.3. The van der Waals surface area contributed by atoms with Gasteiger partial charge in [-0.2, -0.15) is 5.10 Å². The molecule has 0 saturated heterocycles. The predicted molar refractivity (Wildman–Crippen MR) is 91.7 cm³/mol. The number of hydrogen-bond acceptors (Lipinski definition) is 3. The fourth-order valence-electron chi connectivity index (χ4n) is 3.90. The largest absolute Gasteiger partial charge is 0.282 e. The van der Waals surface area contributed by atoms with Crippen LogP contribution in [0.25, 0.3) is 10.1 Å². The second-order valence-corrected chi connectivity index (χ2v) is 7.87. The van der Waals surface area contributed by atoms with Crippen molar-refractivity contribution in [3.63, 3.8) is 0 Å². The van der Waals surface area contributed by atoms with E-state index in [1.54, 1.807) is 6.07 Å². The van der Waals surface area contributed by atoms with Crippen molar-refractivity contribution in [3.8, 4) is 0 Å². The third kappa shape index (κ3) is 2.76. The lowest BCUT2D eigenvalue weighted by Crippen LogP contribution is -2.19. The summed E-state index contributed by atoms with van der Waals surface area (Å²) >= 11 is 7.42. The van der Waals surface area contributed by atoms with Gasteiger partial charge in [0.1, 0.15) is 10.7 Å². The van der Waals surface area contributed by atoms with Crippen molar-refractivity contribution < 1.29 is 9.18 Å². The van der Waals surface area contributed by atoms with Gasteiger partial charge in [0.05, 0.1) is 5.02 Å². The van der Waals surface area contributed by atoms with E-state index in [1.165, 1.54) is 49.2 Å². The van der Waals surface area contributed by atoms with E-state index in [-0.39, 0.29) is 11.7 Å². The number of rotatable bonds is 3. The van der Waals surface area contributed by atoms with Crippen LogP contribution in [0.4, 0.5) is 4.39 Å². The Kier molecular flexibility index (Phi) is 3.85. The van der Waals surface area contributed by atoms with Crippen LogP contribution in [-0.2, 0) is 0 Å². The lowest BCUT2D eigenvalue weighted by molar-refractivity contribution is 0.0959. The minimum atomic E-state index is -0.337. The van der Waals surface area contributed by atoms with Gasteiger partial charge in [-0.25, -0.2) is 9.82 Å². The number of nitrogens with zero attached hydrogens (tertiary/aromatic N) is 1. The topological polar surface area (TPSA) is 41.5 Å². The third-order valence-electron chi connectivity index (χ3n) is 5.02. The first-order valence-electron chi connectivity index (χ1n) is 7.83. The van der Waals surface area contributed by atoms with Crippen molar-refractivity contribution in [2.45, 2.75) is 25.7 Å². The Morgan fingerprint density at radius 2 is 2.26 bits per heavy atom. The van der Waals surface area contributed by atoms with Crippen LogP contribution < -0.4 is 5.43 Å². The van der Waals surface area contributed by atoms with Crippen LogP contribution in [0.1, 0.15) is 35.4 Å². The summed E-state index contributed by atoms with van der Waals surface area (Å²) in [6, 6.07) is 4.33. The second-order valence-electron chi connectivity index (χ2n) is 6.44. The molecule has 1 aromatic carbocycles. The van der Waals surface area contributed by atoms with E-state index in [4.69, 9.17) is 11.6 Å². The van der Waals surface area contributed by atoms with Gasteiger partial charge >= 0.3 is 0 Å². The molecule has 2 aromatic rings. The molecule has 120 valence electrons. The molecule has 2 aliphatic rings. The molecule has 2 aliphatic carbocycles. The highest BCUT2D eigenvalue weighted by Crippen LogP contribution is 2.47. The second kappa shape index (κ2) is 5.87. The van der Waals surface area contributed by atoms with Crippen LogP contribution in [0, 0.1) is 23.6 Å². The van der Waals surface area contributed by atoms with E-state index in [9.17, 15) is 9.18 Å². The number of thiophene rings is 1. The normalized spacial score (nSPS) is 26.4. The van der Waals surface area contributed by atoms with Gasteiger partial charge in [0, 0.05) is 16.3 Å². The number of fused-ring (bicyclic) bond motifs is 3. The summed E-state index contributed by atoms with van der Waals surface area (Å²) < 4.78 is 13.9. The maximum atomic E-state index is 13.3. The molecule has 2 saturated carbocycles. The minimum absolute atomic E-state index is 0.336. The fourth-order valence-corrected chi connectivity index (χ4v) is 5.34. The van der Waals surface area contributed by atoms with Crippen LogP contribution in [0.5, 0.6) is 0 Å². The zero-order valence-electron chi connectivity index (χ0n) is 12.4. The molecule has 1 N–H and O–H groups in total. The number of carbonyl (C=O) groups is 1. The van der Waals surface area contributed by atoms with Crippen molar-refractivity contribution in [2.24, 2.45) is 22.9 Å². The molecular formula is C17H16ClFN2OS. The summed E-state index contributed by atoms with van der Waals surface area (Å²) in [5.41, 5.74) is 2.56. The van der Waals surface area contributed by atoms with Gasteiger partial charge in [-0.05, 0) is 55.2 Å². The summed E-state index contributed by atoms with van der Waals surface area (Å²) in [5.74, 6) is 1.39. The van der Waals surface area contributed by atoms with Crippen LogP contribution >= 0.6 is 22.9 Å². The number of hydrogen-bond donors (Lipinski definition) is 1. The molecule has 0 aliphatic heterocycles. The van der Waals surface area contributed by atoms with Gasteiger partial charge in [0.2, 0.25) is 0 Å². The molecular weight excluding hydrogens is 335 g/mol. The molecule has 1 aromatic heterocycles. The first-order chi connectivity index (χ1) is 11.1. The van der Waals surface area contributed by atoms with Gasteiger partial charge in [-0.15, -0.1) is 11.3 Å². The summed E-state index contributed by atoms with van der Waals surface area (Å²) in [5, 5.41) is 5.18. The van der Waals surface area contributed by atoms with E-state index in [0.717, 1.165) is 11.8 Å². The van der Waals surface area contributed by atoms with Crippen LogP contribution in [0.3, 0.4) is 0 Å². The molecule has 1 amide bonds. The maximum Gasteiger partial charge on any atom is 0.282 e. The lowest BCUT2D eigenvalue weighted by atomic mass is 9.90. The summed E-state index contributed by atoms with van der Waals surface area (Å²) in [6.45, 7) is 0. The first kappa shape index (κ1) is 15.1. The van der Waals surface area contributed by atoms with E-state index < -0.39 is 0 Å². The van der Waals surface area contributed by atoms with Crippen LogP contribution in [0.2, 0.25) is 5.02 Å². The molecule has 6 heteroatoms. The van der Waals surface area contributed by atoms with E-state index >= 15 is 0 Å². The quantitative estimate of drug-likeness (QED) is 0.624. The van der Waals surface area contributed by atoms with Crippen molar-refractivity contribution >= 4 is 45.1 Å². The van der Waals surface area contributed by atoms with Gasteiger partial charge in [-0.1, -0.05) is 18.0 Å². The Hall–Kier alpha value is -1.46. The average molecular weight is 351 g/mol. The Bertz CT molecular complexity index is 803. The monoisotopic (exact) mass is 350 g/mol. The van der Waals surface area contributed by atoms with E-state index in [2.05, 4.69) is 10.5 Å².